The number of ether oxygens (including phenoxy) is 1. The fourth-order valence-electron chi connectivity index (χ4n) is 1.94. The highest BCUT2D eigenvalue weighted by Crippen LogP contribution is 2.24. The lowest BCUT2D eigenvalue weighted by Gasteiger charge is -2.12. The first-order valence-corrected chi connectivity index (χ1v) is 8.32. The molecule has 0 heterocycles. The molecule has 2 aromatic carbocycles. The molecule has 0 aliphatic carbocycles. The zero-order chi connectivity index (χ0) is 17.0. The van der Waals surface area contributed by atoms with Gasteiger partial charge in [0.15, 0.2) is 9.84 Å². The summed E-state index contributed by atoms with van der Waals surface area (Å²) in [7, 11) is -3.56. The quantitative estimate of drug-likeness (QED) is 0.907. The number of nitrogens with one attached hydrogen (secondary N) is 1. The van der Waals surface area contributed by atoms with Gasteiger partial charge in [-0.15, -0.1) is 0 Å². The average Bonchev–Trinajstić information content (AvgIpc) is 2.46. The SMILES string of the molecule is CS(=O)(=O)c1ccccc1NC(=O)c1ccccc1OC(F)F. The van der Waals surface area contributed by atoms with E-state index < -0.39 is 22.4 Å². The van der Waals surface area contributed by atoms with Crippen molar-refractivity contribution in [3.8, 4) is 5.75 Å². The number of benzene rings is 2. The number of carbonyl (C=O) groups excluding carboxylic acids is 1. The van der Waals surface area contributed by atoms with E-state index in [0.29, 0.717) is 0 Å². The number of hydrogen-bond donors (Lipinski definition) is 1. The lowest BCUT2D eigenvalue weighted by atomic mass is 10.2. The highest BCUT2D eigenvalue weighted by atomic mass is 32.2. The van der Waals surface area contributed by atoms with Gasteiger partial charge in [-0.2, -0.15) is 8.78 Å². The van der Waals surface area contributed by atoms with Crippen LogP contribution in [0.5, 0.6) is 5.75 Å². The summed E-state index contributed by atoms with van der Waals surface area (Å²) in [5.41, 5.74) is -0.0667. The van der Waals surface area contributed by atoms with E-state index in [2.05, 4.69) is 10.1 Å². The van der Waals surface area contributed by atoms with E-state index in [9.17, 15) is 22.0 Å². The number of sulfone groups is 1. The van der Waals surface area contributed by atoms with Crippen LogP contribution >= 0.6 is 0 Å². The minimum atomic E-state index is -3.56. The van der Waals surface area contributed by atoms with Crippen molar-refractivity contribution in [2.45, 2.75) is 11.5 Å². The van der Waals surface area contributed by atoms with Crippen molar-refractivity contribution in [3.63, 3.8) is 0 Å². The number of para-hydroxylation sites is 2. The van der Waals surface area contributed by atoms with E-state index in [0.717, 1.165) is 6.26 Å². The highest BCUT2D eigenvalue weighted by Gasteiger charge is 2.18. The fraction of sp³-hybridized carbons (Fsp3) is 0.133. The van der Waals surface area contributed by atoms with Crippen molar-refractivity contribution < 1.29 is 26.7 Å². The van der Waals surface area contributed by atoms with Gasteiger partial charge in [0, 0.05) is 6.26 Å². The second kappa shape index (κ2) is 6.74. The van der Waals surface area contributed by atoms with E-state index >= 15 is 0 Å². The molecule has 0 spiro atoms. The van der Waals surface area contributed by atoms with Crippen LogP contribution < -0.4 is 10.1 Å². The van der Waals surface area contributed by atoms with E-state index in [1.165, 1.54) is 42.5 Å². The van der Waals surface area contributed by atoms with Crippen molar-refractivity contribution in [2.24, 2.45) is 0 Å². The van der Waals surface area contributed by atoms with E-state index in [1.54, 1.807) is 6.07 Å². The fourth-order valence-corrected chi connectivity index (χ4v) is 2.78. The lowest BCUT2D eigenvalue weighted by Crippen LogP contribution is -2.16. The smallest absolute Gasteiger partial charge is 0.387 e. The number of alkyl halides is 2. The van der Waals surface area contributed by atoms with Gasteiger partial charge in [-0.05, 0) is 24.3 Å². The maximum atomic E-state index is 12.4. The first-order chi connectivity index (χ1) is 10.8. The van der Waals surface area contributed by atoms with Crippen LogP contribution in [-0.4, -0.2) is 27.2 Å². The van der Waals surface area contributed by atoms with Gasteiger partial charge in [-0.3, -0.25) is 4.79 Å². The number of carbonyl (C=O) groups is 1. The van der Waals surface area contributed by atoms with Crippen molar-refractivity contribution in [2.75, 3.05) is 11.6 Å². The third-order valence-electron chi connectivity index (χ3n) is 2.88. The Labute approximate surface area is 131 Å². The maximum absolute atomic E-state index is 12.4. The van der Waals surface area contributed by atoms with Crippen LogP contribution in [0.1, 0.15) is 10.4 Å². The molecule has 2 rings (SSSR count). The Hall–Kier alpha value is -2.48. The second-order valence-corrected chi connectivity index (χ2v) is 6.58. The van der Waals surface area contributed by atoms with E-state index in [1.807, 2.05) is 0 Å². The molecule has 0 aromatic heterocycles. The minimum Gasteiger partial charge on any atom is -0.434 e. The van der Waals surface area contributed by atoms with Crippen LogP contribution in [0, 0.1) is 0 Å². The van der Waals surface area contributed by atoms with Crippen LogP contribution in [0.4, 0.5) is 14.5 Å². The zero-order valence-corrected chi connectivity index (χ0v) is 12.8. The predicted molar refractivity (Wildman–Crippen MR) is 80.6 cm³/mol. The van der Waals surface area contributed by atoms with Crippen LogP contribution in [-0.2, 0) is 9.84 Å². The molecular weight excluding hydrogens is 328 g/mol. The standard InChI is InChI=1S/C15H13F2NO4S/c1-23(20,21)13-9-5-3-7-11(13)18-14(19)10-6-2-4-8-12(10)22-15(16)17/h2-9,15H,1H3,(H,18,19). The Balaban J connectivity index is 2.35. The Bertz CT molecular complexity index is 822. The van der Waals surface area contributed by atoms with Gasteiger partial charge < -0.3 is 10.1 Å². The molecule has 122 valence electrons. The molecule has 0 atom stereocenters. The van der Waals surface area contributed by atoms with Gasteiger partial charge in [0.25, 0.3) is 5.91 Å². The van der Waals surface area contributed by atoms with Crippen molar-refractivity contribution in [1.29, 1.82) is 0 Å². The van der Waals surface area contributed by atoms with E-state index in [4.69, 9.17) is 0 Å². The summed E-state index contributed by atoms with van der Waals surface area (Å²) in [6.07, 6.45) is 1.01. The first kappa shape index (κ1) is 16.9. The van der Waals surface area contributed by atoms with Crippen LogP contribution in [0.3, 0.4) is 0 Å². The third kappa shape index (κ3) is 4.26. The van der Waals surface area contributed by atoms with E-state index in [-0.39, 0.29) is 21.9 Å². The van der Waals surface area contributed by atoms with Gasteiger partial charge in [0.2, 0.25) is 0 Å². The molecule has 5 nitrogen and oxygen atoms in total. The number of halogens is 2. The number of anilines is 1. The highest BCUT2D eigenvalue weighted by molar-refractivity contribution is 7.90. The first-order valence-electron chi connectivity index (χ1n) is 6.43. The summed E-state index contributed by atoms with van der Waals surface area (Å²) in [5.74, 6) is -1.05. The number of amides is 1. The van der Waals surface area contributed by atoms with Crippen LogP contribution in [0.15, 0.2) is 53.4 Å². The Kier molecular flexibility index (Phi) is 4.95. The molecule has 0 fully saturated rings. The molecule has 0 saturated heterocycles. The van der Waals surface area contributed by atoms with Crippen LogP contribution in [0.25, 0.3) is 0 Å². The normalized spacial score (nSPS) is 11.3. The number of rotatable bonds is 5. The molecule has 2 aromatic rings. The summed E-state index contributed by atoms with van der Waals surface area (Å²) in [6.45, 7) is -3.08. The second-order valence-electron chi connectivity index (χ2n) is 4.60. The molecule has 1 amide bonds. The molecule has 23 heavy (non-hydrogen) atoms. The molecule has 0 bridgehead atoms. The Morgan fingerprint density at radius 1 is 1.09 bits per heavy atom. The summed E-state index contributed by atoms with van der Waals surface area (Å²) in [5, 5.41) is 2.40. The average molecular weight is 341 g/mol. The van der Waals surface area contributed by atoms with Crippen molar-refractivity contribution in [3.05, 3.63) is 54.1 Å². The molecule has 0 radical (unpaired) electrons. The molecule has 0 aliphatic heterocycles. The molecule has 0 aliphatic rings. The van der Waals surface area contributed by atoms with Gasteiger partial charge in [0.05, 0.1) is 16.1 Å². The van der Waals surface area contributed by atoms with Gasteiger partial charge in [-0.25, -0.2) is 8.42 Å². The third-order valence-corrected chi connectivity index (χ3v) is 4.04. The summed E-state index contributed by atoms with van der Waals surface area (Å²) in [6, 6.07) is 11.3. The lowest BCUT2D eigenvalue weighted by molar-refractivity contribution is -0.0501. The Morgan fingerprint density at radius 2 is 1.70 bits per heavy atom. The zero-order valence-electron chi connectivity index (χ0n) is 12.0. The summed E-state index contributed by atoms with van der Waals surface area (Å²) in [4.78, 5) is 12.2. The van der Waals surface area contributed by atoms with Crippen LogP contribution in [0.2, 0.25) is 0 Å². The largest absolute Gasteiger partial charge is 0.434 e. The van der Waals surface area contributed by atoms with Gasteiger partial charge >= 0.3 is 6.61 Å². The molecule has 0 unspecified atom stereocenters. The molecular formula is C15H13F2NO4S. The van der Waals surface area contributed by atoms with Crippen molar-refractivity contribution >= 4 is 21.4 Å². The Morgan fingerprint density at radius 3 is 2.35 bits per heavy atom. The molecule has 8 heteroatoms. The maximum Gasteiger partial charge on any atom is 0.387 e. The molecule has 0 saturated carbocycles. The molecule has 1 N–H and O–H groups in total. The number of hydrogen-bond acceptors (Lipinski definition) is 4. The summed E-state index contributed by atoms with van der Waals surface area (Å²) < 4.78 is 52.5. The van der Waals surface area contributed by atoms with Gasteiger partial charge in [-0.1, -0.05) is 24.3 Å². The monoisotopic (exact) mass is 341 g/mol. The van der Waals surface area contributed by atoms with Gasteiger partial charge in [0.1, 0.15) is 5.75 Å². The minimum absolute atomic E-state index is 0.0619. The topological polar surface area (TPSA) is 72.5 Å². The summed E-state index contributed by atoms with van der Waals surface area (Å²) >= 11 is 0. The van der Waals surface area contributed by atoms with Crippen molar-refractivity contribution in [1.82, 2.24) is 0 Å². The predicted octanol–water partition coefficient (Wildman–Crippen LogP) is 2.94.